The van der Waals surface area contributed by atoms with E-state index in [2.05, 4.69) is 0 Å². The van der Waals surface area contributed by atoms with Crippen LogP contribution >= 0.6 is 11.6 Å². The third-order valence-corrected chi connectivity index (χ3v) is 5.23. The highest BCUT2D eigenvalue weighted by molar-refractivity contribution is 6.32. The summed E-state index contributed by atoms with van der Waals surface area (Å²) in [5, 5.41) is 0.637. The highest BCUT2D eigenvalue weighted by Gasteiger charge is 2.45. The largest absolute Gasteiger partial charge is 0.489 e. The number of nitrogens with zero attached hydrogens (tertiary/aromatic N) is 1. The van der Waals surface area contributed by atoms with E-state index in [1.807, 2.05) is 29.2 Å². The first-order valence-corrected chi connectivity index (χ1v) is 8.82. The van der Waals surface area contributed by atoms with E-state index in [1.165, 1.54) is 0 Å². The van der Waals surface area contributed by atoms with E-state index in [0.717, 1.165) is 31.7 Å². The molecule has 0 aromatic heterocycles. The second-order valence-electron chi connectivity index (χ2n) is 6.43. The molecule has 0 radical (unpaired) electrons. The van der Waals surface area contributed by atoms with E-state index in [1.54, 1.807) is 7.11 Å². The number of fused-ring (bicyclic) bond motifs is 1. The smallest absolute Gasteiger partial charge is 0.248 e. The third kappa shape index (κ3) is 4.02. The highest BCUT2D eigenvalue weighted by atomic mass is 35.5. The normalized spacial score (nSPS) is 25.8. The summed E-state index contributed by atoms with van der Waals surface area (Å²) in [5.41, 5.74) is 0. The average Bonchev–Trinajstić information content (AvgIpc) is 3.15. The molecule has 1 aromatic carbocycles. The maximum Gasteiger partial charge on any atom is 0.248 e. The number of hydrogen-bond donors (Lipinski definition) is 0. The average molecular weight is 354 g/mol. The minimum atomic E-state index is 0.0528. The summed E-state index contributed by atoms with van der Waals surface area (Å²) in [4.78, 5) is 14.2. The fraction of sp³-hybridized carbons (Fsp3) is 0.611. The molecule has 1 aromatic rings. The van der Waals surface area contributed by atoms with Crippen molar-refractivity contribution in [3.63, 3.8) is 0 Å². The van der Waals surface area contributed by atoms with Crippen molar-refractivity contribution in [1.82, 2.24) is 4.90 Å². The van der Waals surface area contributed by atoms with Gasteiger partial charge in [0.1, 0.15) is 18.5 Å². The monoisotopic (exact) mass is 353 g/mol. The lowest BCUT2D eigenvalue weighted by Crippen LogP contribution is -2.35. The molecule has 0 unspecified atom stereocenters. The zero-order chi connectivity index (χ0) is 16.9. The Morgan fingerprint density at radius 2 is 2.08 bits per heavy atom. The quantitative estimate of drug-likeness (QED) is 0.707. The number of likely N-dealkylation sites (tertiary alicyclic amines) is 1. The van der Waals surface area contributed by atoms with Crippen LogP contribution in [0.25, 0.3) is 0 Å². The van der Waals surface area contributed by atoms with Gasteiger partial charge >= 0.3 is 0 Å². The SMILES string of the molecule is COCCOCC(=O)N1C[C@@H]2CC[C@H](Oc3ccccc3Cl)[C@@H]2C1. The van der Waals surface area contributed by atoms with Gasteiger partial charge in [-0.15, -0.1) is 0 Å². The van der Waals surface area contributed by atoms with Gasteiger partial charge in [0.05, 0.1) is 18.2 Å². The first-order chi connectivity index (χ1) is 11.7. The maximum absolute atomic E-state index is 12.3. The second kappa shape index (κ2) is 8.19. The molecular formula is C18H24ClNO4. The van der Waals surface area contributed by atoms with Crippen molar-refractivity contribution in [3.8, 4) is 5.75 Å². The van der Waals surface area contributed by atoms with E-state index in [4.69, 9.17) is 25.8 Å². The Balaban J connectivity index is 1.52. The third-order valence-electron chi connectivity index (χ3n) is 4.92. The van der Waals surface area contributed by atoms with Gasteiger partial charge in [0.15, 0.2) is 0 Å². The lowest BCUT2D eigenvalue weighted by Gasteiger charge is -2.22. The predicted octanol–water partition coefficient (Wildman–Crippen LogP) is 2.62. The highest BCUT2D eigenvalue weighted by Crippen LogP contribution is 2.41. The van der Waals surface area contributed by atoms with Crippen molar-refractivity contribution >= 4 is 17.5 Å². The number of methoxy groups -OCH3 is 1. The van der Waals surface area contributed by atoms with Crippen molar-refractivity contribution in [1.29, 1.82) is 0 Å². The Labute approximate surface area is 147 Å². The Kier molecular flexibility index (Phi) is 5.98. The van der Waals surface area contributed by atoms with Gasteiger partial charge in [0, 0.05) is 26.1 Å². The molecule has 1 aliphatic carbocycles. The minimum Gasteiger partial charge on any atom is -0.489 e. The van der Waals surface area contributed by atoms with Gasteiger partial charge in [-0.05, 0) is 30.9 Å². The van der Waals surface area contributed by atoms with E-state index >= 15 is 0 Å². The number of halogens is 1. The zero-order valence-electron chi connectivity index (χ0n) is 13.9. The Bertz CT molecular complexity index is 568. The van der Waals surface area contributed by atoms with Crippen molar-refractivity contribution in [3.05, 3.63) is 29.3 Å². The number of carbonyl (C=O) groups excluding carboxylic acids is 1. The molecule has 0 bridgehead atoms. The molecule has 1 saturated heterocycles. The molecule has 6 heteroatoms. The first kappa shape index (κ1) is 17.5. The molecular weight excluding hydrogens is 330 g/mol. The van der Waals surface area contributed by atoms with E-state index in [-0.39, 0.29) is 18.6 Å². The number of hydrogen-bond acceptors (Lipinski definition) is 4. The summed E-state index contributed by atoms with van der Waals surface area (Å²) in [5.74, 6) is 1.68. The molecule has 1 heterocycles. The van der Waals surface area contributed by atoms with Crippen molar-refractivity contribution in [2.45, 2.75) is 18.9 Å². The van der Waals surface area contributed by atoms with Crippen LogP contribution in [0.2, 0.25) is 5.02 Å². The summed E-state index contributed by atoms with van der Waals surface area (Å²) in [6, 6.07) is 7.56. The lowest BCUT2D eigenvalue weighted by molar-refractivity contribution is -0.135. The van der Waals surface area contributed by atoms with Crippen LogP contribution in [-0.4, -0.2) is 56.9 Å². The number of rotatable bonds is 7. The Morgan fingerprint density at radius 1 is 1.25 bits per heavy atom. The van der Waals surface area contributed by atoms with E-state index < -0.39 is 0 Å². The van der Waals surface area contributed by atoms with Crippen LogP contribution in [-0.2, 0) is 14.3 Å². The van der Waals surface area contributed by atoms with Gasteiger partial charge in [0.2, 0.25) is 5.91 Å². The maximum atomic E-state index is 12.3. The first-order valence-electron chi connectivity index (χ1n) is 8.44. The van der Waals surface area contributed by atoms with E-state index in [9.17, 15) is 4.79 Å². The molecule has 1 aliphatic heterocycles. The summed E-state index contributed by atoms with van der Waals surface area (Å²) < 4.78 is 16.4. The number of para-hydroxylation sites is 1. The summed E-state index contributed by atoms with van der Waals surface area (Å²) >= 11 is 6.19. The van der Waals surface area contributed by atoms with Gasteiger partial charge in [-0.25, -0.2) is 0 Å². The molecule has 1 amide bonds. The fourth-order valence-corrected chi connectivity index (χ4v) is 3.84. The second-order valence-corrected chi connectivity index (χ2v) is 6.84. The van der Waals surface area contributed by atoms with Crippen molar-refractivity contribution in [2.75, 3.05) is 40.0 Å². The summed E-state index contributed by atoms with van der Waals surface area (Å²) in [7, 11) is 1.62. The molecule has 2 fully saturated rings. The molecule has 1 saturated carbocycles. The number of benzene rings is 1. The molecule has 3 atom stereocenters. The lowest BCUT2D eigenvalue weighted by atomic mass is 9.99. The summed E-state index contributed by atoms with van der Waals surface area (Å²) in [6.45, 7) is 2.62. The number of amides is 1. The van der Waals surface area contributed by atoms with Gasteiger partial charge in [-0.3, -0.25) is 4.79 Å². The fourth-order valence-electron chi connectivity index (χ4n) is 3.66. The molecule has 2 aliphatic rings. The van der Waals surface area contributed by atoms with Gasteiger partial charge in [0.25, 0.3) is 0 Å². The van der Waals surface area contributed by atoms with Crippen LogP contribution in [0.4, 0.5) is 0 Å². The number of carbonyl (C=O) groups is 1. The summed E-state index contributed by atoms with van der Waals surface area (Å²) in [6.07, 6.45) is 2.24. The molecule has 5 nitrogen and oxygen atoms in total. The van der Waals surface area contributed by atoms with Crippen LogP contribution < -0.4 is 4.74 Å². The molecule has 132 valence electrons. The Hall–Kier alpha value is -1.30. The topological polar surface area (TPSA) is 48.0 Å². The predicted molar refractivity (Wildman–Crippen MR) is 91.4 cm³/mol. The van der Waals surface area contributed by atoms with Crippen molar-refractivity contribution in [2.24, 2.45) is 11.8 Å². The van der Waals surface area contributed by atoms with Crippen LogP contribution in [0, 0.1) is 11.8 Å². The van der Waals surface area contributed by atoms with Crippen molar-refractivity contribution < 1.29 is 19.0 Å². The van der Waals surface area contributed by atoms with Gasteiger partial charge in [-0.1, -0.05) is 23.7 Å². The van der Waals surface area contributed by atoms with Crippen LogP contribution in [0.3, 0.4) is 0 Å². The van der Waals surface area contributed by atoms with Crippen LogP contribution in [0.5, 0.6) is 5.75 Å². The molecule has 3 rings (SSSR count). The van der Waals surface area contributed by atoms with Gasteiger partial charge in [-0.2, -0.15) is 0 Å². The van der Waals surface area contributed by atoms with E-state index in [0.29, 0.717) is 30.1 Å². The zero-order valence-corrected chi connectivity index (χ0v) is 14.7. The molecule has 0 spiro atoms. The standard InChI is InChI=1S/C18H24ClNO4/c1-22-8-9-23-12-18(21)20-10-13-6-7-16(14(13)11-20)24-17-5-3-2-4-15(17)19/h2-5,13-14,16H,6-12H2,1H3/t13-,14+,16-/m0/s1. The molecule has 0 N–H and O–H groups in total. The van der Waals surface area contributed by atoms with Crippen LogP contribution in [0.1, 0.15) is 12.8 Å². The van der Waals surface area contributed by atoms with Crippen LogP contribution in [0.15, 0.2) is 24.3 Å². The van der Waals surface area contributed by atoms with Gasteiger partial charge < -0.3 is 19.1 Å². The Morgan fingerprint density at radius 3 is 2.88 bits per heavy atom. The minimum absolute atomic E-state index is 0.0528. The molecule has 24 heavy (non-hydrogen) atoms. The number of ether oxygens (including phenoxy) is 3.